The number of nitro groups is 1. The SMILES string of the molecule is C[C@H]1S[C@H](C)C(=O)N(CC(=O)Nc2ccc([N+](=O)[O-])cc2)C1=O. The number of benzene rings is 1. The van der Waals surface area contributed by atoms with Crippen LogP contribution in [-0.2, 0) is 14.4 Å². The highest BCUT2D eigenvalue weighted by Crippen LogP contribution is 2.26. The highest BCUT2D eigenvalue weighted by atomic mass is 32.2. The lowest BCUT2D eigenvalue weighted by Gasteiger charge is -2.31. The summed E-state index contributed by atoms with van der Waals surface area (Å²) in [4.78, 5) is 47.0. The normalized spacial score (nSPS) is 21.2. The number of nitro benzene ring substituents is 1. The molecule has 0 unspecified atom stereocenters. The summed E-state index contributed by atoms with van der Waals surface area (Å²) in [5.74, 6) is -1.32. The molecule has 0 spiro atoms. The molecule has 0 aromatic heterocycles. The maximum Gasteiger partial charge on any atom is 0.269 e. The van der Waals surface area contributed by atoms with E-state index in [9.17, 15) is 24.5 Å². The van der Waals surface area contributed by atoms with Crippen molar-refractivity contribution in [1.29, 1.82) is 0 Å². The Morgan fingerprint density at radius 3 is 2.22 bits per heavy atom. The molecule has 2 rings (SSSR count). The molecule has 1 aromatic carbocycles. The van der Waals surface area contributed by atoms with Gasteiger partial charge in [0.2, 0.25) is 17.7 Å². The first-order chi connectivity index (χ1) is 10.8. The molecule has 1 N–H and O–H groups in total. The van der Waals surface area contributed by atoms with Crippen molar-refractivity contribution in [2.24, 2.45) is 0 Å². The third-order valence-corrected chi connectivity index (χ3v) is 4.52. The van der Waals surface area contributed by atoms with Gasteiger partial charge >= 0.3 is 0 Å². The molecule has 1 fully saturated rings. The topological polar surface area (TPSA) is 110 Å². The summed E-state index contributed by atoms with van der Waals surface area (Å²) >= 11 is 1.26. The van der Waals surface area contributed by atoms with E-state index in [0.717, 1.165) is 4.90 Å². The van der Waals surface area contributed by atoms with Crippen LogP contribution in [0, 0.1) is 10.1 Å². The Morgan fingerprint density at radius 1 is 1.22 bits per heavy atom. The van der Waals surface area contributed by atoms with Crippen molar-refractivity contribution in [3.63, 3.8) is 0 Å². The van der Waals surface area contributed by atoms with Gasteiger partial charge in [0.1, 0.15) is 6.54 Å². The largest absolute Gasteiger partial charge is 0.325 e. The van der Waals surface area contributed by atoms with Gasteiger partial charge in [-0.15, -0.1) is 11.8 Å². The van der Waals surface area contributed by atoms with E-state index in [0.29, 0.717) is 5.69 Å². The molecule has 1 aliphatic heterocycles. The predicted molar refractivity (Wildman–Crippen MR) is 85.0 cm³/mol. The van der Waals surface area contributed by atoms with Crippen molar-refractivity contribution in [2.45, 2.75) is 24.3 Å². The van der Waals surface area contributed by atoms with Crippen molar-refractivity contribution < 1.29 is 19.3 Å². The average Bonchev–Trinajstić information content (AvgIpc) is 2.50. The van der Waals surface area contributed by atoms with Gasteiger partial charge in [0.05, 0.1) is 15.4 Å². The van der Waals surface area contributed by atoms with E-state index in [4.69, 9.17) is 0 Å². The minimum Gasteiger partial charge on any atom is -0.325 e. The molecule has 2 atom stereocenters. The highest BCUT2D eigenvalue weighted by Gasteiger charge is 2.37. The summed E-state index contributed by atoms with van der Waals surface area (Å²) in [5.41, 5.74) is 0.261. The summed E-state index contributed by atoms with van der Waals surface area (Å²) < 4.78 is 0. The van der Waals surface area contributed by atoms with Gasteiger partial charge < -0.3 is 5.32 Å². The van der Waals surface area contributed by atoms with E-state index in [-0.39, 0.29) is 22.7 Å². The number of thioether (sulfide) groups is 1. The number of amides is 3. The summed E-state index contributed by atoms with van der Waals surface area (Å²) in [6.07, 6.45) is 0. The van der Waals surface area contributed by atoms with Crippen LogP contribution in [0.4, 0.5) is 11.4 Å². The molecular weight excluding hydrogens is 322 g/mol. The highest BCUT2D eigenvalue weighted by molar-refractivity contribution is 8.02. The molecule has 1 heterocycles. The van der Waals surface area contributed by atoms with Gasteiger partial charge in [-0.1, -0.05) is 0 Å². The van der Waals surface area contributed by atoms with Gasteiger partial charge in [-0.05, 0) is 26.0 Å². The minimum atomic E-state index is -0.545. The predicted octanol–water partition coefficient (Wildman–Crippen LogP) is 1.41. The number of hydrogen-bond acceptors (Lipinski definition) is 6. The fourth-order valence-electron chi connectivity index (χ4n) is 2.14. The fraction of sp³-hybridized carbons (Fsp3) is 0.357. The lowest BCUT2D eigenvalue weighted by molar-refractivity contribution is -0.384. The van der Waals surface area contributed by atoms with Crippen molar-refractivity contribution >= 4 is 40.9 Å². The first-order valence-corrected chi connectivity index (χ1v) is 7.79. The number of nitrogens with one attached hydrogen (secondary N) is 1. The smallest absolute Gasteiger partial charge is 0.269 e. The van der Waals surface area contributed by atoms with Crippen LogP contribution in [0.3, 0.4) is 0 Å². The standard InChI is InChI=1S/C14H15N3O5S/c1-8-13(19)16(14(20)9(2)23-8)7-12(18)15-10-3-5-11(6-4-10)17(21)22/h3-6,8-9H,7H2,1-2H3,(H,15,18)/t8-,9-/m1/s1. The second-order valence-corrected chi connectivity index (χ2v) is 6.72. The van der Waals surface area contributed by atoms with Crippen molar-refractivity contribution in [2.75, 3.05) is 11.9 Å². The van der Waals surface area contributed by atoms with Gasteiger partial charge in [0, 0.05) is 17.8 Å². The van der Waals surface area contributed by atoms with Crippen LogP contribution in [0.1, 0.15) is 13.8 Å². The van der Waals surface area contributed by atoms with Crippen LogP contribution in [0.25, 0.3) is 0 Å². The molecule has 1 saturated heterocycles. The van der Waals surface area contributed by atoms with Crippen LogP contribution in [0.5, 0.6) is 0 Å². The van der Waals surface area contributed by atoms with Crippen molar-refractivity contribution in [3.05, 3.63) is 34.4 Å². The van der Waals surface area contributed by atoms with Gasteiger partial charge in [0.25, 0.3) is 5.69 Å². The van der Waals surface area contributed by atoms with E-state index in [1.54, 1.807) is 13.8 Å². The Balaban J connectivity index is 2.02. The van der Waals surface area contributed by atoms with Crippen molar-refractivity contribution in [3.8, 4) is 0 Å². The number of carbonyl (C=O) groups excluding carboxylic acids is 3. The molecule has 3 amide bonds. The summed E-state index contributed by atoms with van der Waals surface area (Å²) in [5, 5.41) is 12.3. The number of non-ortho nitro benzene ring substituents is 1. The Kier molecular flexibility index (Phi) is 4.99. The molecule has 1 aliphatic rings. The quantitative estimate of drug-likeness (QED) is 0.505. The number of carbonyl (C=O) groups is 3. The fourth-order valence-corrected chi connectivity index (χ4v) is 3.24. The van der Waals surface area contributed by atoms with E-state index >= 15 is 0 Å². The Bertz CT molecular complexity index is 641. The Labute approximate surface area is 136 Å². The first kappa shape index (κ1) is 16.9. The van der Waals surface area contributed by atoms with Crippen LogP contribution >= 0.6 is 11.8 Å². The third-order valence-electron chi connectivity index (χ3n) is 3.30. The number of anilines is 1. The zero-order valence-corrected chi connectivity index (χ0v) is 13.3. The lowest BCUT2D eigenvalue weighted by atomic mass is 10.2. The van der Waals surface area contributed by atoms with Gasteiger partial charge in [-0.3, -0.25) is 29.4 Å². The van der Waals surface area contributed by atoms with E-state index in [1.165, 1.54) is 36.0 Å². The van der Waals surface area contributed by atoms with Gasteiger partial charge in [0.15, 0.2) is 0 Å². The molecule has 0 aliphatic carbocycles. The summed E-state index contributed by atoms with van der Waals surface area (Å²) in [7, 11) is 0. The van der Waals surface area contributed by atoms with E-state index in [1.807, 2.05) is 0 Å². The molecule has 0 saturated carbocycles. The van der Waals surface area contributed by atoms with Crippen LogP contribution in [0.2, 0.25) is 0 Å². The number of hydrogen-bond donors (Lipinski definition) is 1. The molecule has 0 radical (unpaired) electrons. The first-order valence-electron chi connectivity index (χ1n) is 6.84. The summed E-state index contributed by atoms with van der Waals surface area (Å²) in [6.45, 7) is 3.01. The second-order valence-electron chi connectivity index (χ2n) is 5.04. The van der Waals surface area contributed by atoms with E-state index < -0.39 is 22.6 Å². The zero-order chi connectivity index (χ0) is 17.1. The maximum atomic E-state index is 12.0. The number of nitrogens with zero attached hydrogens (tertiary/aromatic N) is 2. The van der Waals surface area contributed by atoms with E-state index in [2.05, 4.69) is 5.32 Å². The van der Waals surface area contributed by atoms with Crippen molar-refractivity contribution in [1.82, 2.24) is 4.90 Å². The van der Waals surface area contributed by atoms with Crippen LogP contribution < -0.4 is 5.32 Å². The molecule has 8 nitrogen and oxygen atoms in total. The molecule has 9 heteroatoms. The maximum absolute atomic E-state index is 12.0. The second kappa shape index (κ2) is 6.78. The molecule has 0 bridgehead atoms. The molecule has 1 aromatic rings. The third kappa shape index (κ3) is 3.86. The molecule has 122 valence electrons. The Morgan fingerprint density at radius 2 is 1.74 bits per heavy atom. The zero-order valence-electron chi connectivity index (χ0n) is 12.5. The van der Waals surface area contributed by atoms with Gasteiger partial charge in [-0.25, -0.2) is 0 Å². The van der Waals surface area contributed by atoms with Crippen LogP contribution in [0.15, 0.2) is 24.3 Å². The number of imide groups is 1. The lowest BCUT2D eigenvalue weighted by Crippen LogP contribution is -2.52. The average molecular weight is 337 g/mol. The summed E-state index contributed by atoms with van der Waals surface area (Å²) in [6, 6.07) is 5.29. The van der Waals surface area contributed by atoms with Gasteiger partial charge in [-0.2, -0.15) is 0 Å². The minimum absolute atomic E-state index is 0.0935. The van der Waals surface area contributed by atoms with Crippen LogP contribution in [-0.4, -0.2) is 44.6 Å². The Hall–Kier alpha value is -2.42. The number of rotatable bonds is 4. The molecular formula is C14H15N3O5S. The molecule has 23 heavy (non-hydrogen) atoms. The monoisotopic (exact) mass is 337 g/mol.